The number of nitrogens with zero attached hydrogens (tertiary/aromatic N) is 2. The van der Waals surface area contributed by atoms with Crippen LogP contribution in [0.25, 0.3) is 0 Å². The van der Waals surface area contributed by atoms with Crippen LogP contribution >= 0.6 is 0 Å². The number of esters is 1. The zero-order chi connectivity index (χ0) is 23.6. The predicted molar refractivity (Wildman–Crippen MR) is 116 cm³/mol. The molecule has 33 heavy (non-hydrogen) atoms. The molecule has 3 heterocycles. The number of amides is 3. The van der Waals surface area contributed by atoms with Gasteiger partial charge in [-0.25, -0.2) is 5.06 Å². The lowest BCUT2D eigenvalue weighted by molar-refractivity contribution is -0.226. The number of rotatable bonds is 6. The molecule has 0 bridgehead atoms. The van der Waals surface area contributed by atoms with Crippen LogP contribution < -0.4 is 5.32 Å². The molecule has 1 N–H and O–H groups in total. The largest absolute Gasteiger partial charge is 0.469 e. The summed E-state index contributed by atoms with van der Waals surface area (Å²) in [4.78, 5) is 58.3. The van der Waals surface area contributed by atoms with Crippen molar-refractivity contribution in [3.05, 3.63) is 29.8 Å². The Morgan fingerprint density at radius 3 is 2.52 bits per heavy atom. The molecular formula is C23H29N3O7. The minimum atomic E-state index is -0.878. The quantitative estimate of drug-likeness (QED) is 0.500. The molecule has 3 aliphatic rings. The average Bonchev–Trinajstić information content (AvgIpc) is 3.09. The fourth-order valence-corrected chi connectivity index (χ4v) is 5.21. The topological polar surface area (TPSA) is 114 Å². The molecule has 1 aromatic rings. The van der Waals surface area contributed by atoms with Crippen LogP contribution in [0, 0.1) is 5.92 Å². The van der Waals surface area contributed by atoms with Gasteiger partial charge in [-0.05, 0) is 24.5 Å². The Balaban J connectivity index is 1.53. The molecule has 2 saturated heterocycles. The first-order chi connectivity index (χ1) is 15.9. The standard InChI is InChI=1S/C23H29N3O7/c1-31-11-12-33-26-20(28)14-17(22(30)32-2)23(26)7-9-25(10-8-23)21(29)16-13-19(27)24-18-6-4-3-5-15(16)18/h3-6,16-17H,7-14H2,1-2H3,(H,24,27). The van der Waals surface area contributed by atoms with Crippen LogP contribution in [-0.4, -0.2) is 79.7 Å². The summed E-state index contributed by atoms with van der Waals surface area (Å²) < 4.78 is 10.0. The van der Waals surface area contributed by atoms with Crippen molar-refractivity contribution in [2.75, 3.05) is 45.8 Å². The maximum Gasteiger partial charge on any atom is 0.311 e. The third kappa shape index (κ3) is 4.20. The number of anilines is 1. The van der Waals surface area contributed by atoms with Crippen molar-refractivity contribution in [3.63, 3.8) is 0 Å². The van der Waals surface area contributed by atoms with Gasteiger partial charge in [0.25, 0.3) is 0 Å². The number of nitrogens with one attached hydrogen (secondary N) is 1. The van der Waals surface area contributed by atoms with Crippen LogP contribution in [0.5, 0.6) is 0 Å². The Bertz CT molecular complexity index is 942. The van der Waals surface area contributed by atoms with Crippen LogP contribution in [0.15, 0.2) is 24.3 Å². The van der Waals surface area contributed by atoms with Crippen molar-refractivity contribution in [1.29, 1.82) is 0 Å². The Labute approximate surface area is 192 Å². The number of hydrogen-bond acceptors (Lipinski definition) is 7. The Kier molecular flexibility index (Phi) is 6.66. The van der Waals surface area contributed by atoms with Crippen LogP contribution in [-0.2, 0) is 33.5 Å². The van der Waals surface area contributed by atoms with E-state index in [0.717, 1.165) is 5.56 Å². The summed E-state index contributed by atoms with van der Waals surface area (Å²) in [6, 6.07) is 7.32. The molecule has 178 valence electrons. The number of hydroxylamine groups is 2. The average molecular weight is 459 g/mol. The Morgan fingerprint density at radius 2 is 1.82 bits per heavy atom. The first-order valence-corrected chi connectivity index (χ1v) is 11.1. The first-order valence-electron chi connectivity index (χ1n) is 11.1. The molecule has 10 nitrogen and oxygen atoms in total. The van der Waals surface area contributed by atoms with E-state index >= 15 is 0 Å². The first kappa shape index (κ1) is 23.2. The number of benzene rings is 1. The molecule has 3 aliphatic heterocycles. The van der Waals surface area contributed by atoms with Crippen molar-refractivity contribution in [3.8, 4) is 0 Å². The fourth-order valence-electron chi connectivity index (χ4n) is 5.21. The molecule has 4 rings (SSSR count). The summed E-state index contributed by atoms with van der Waals surface area (Å²) in [6.45, 7) is 1.15. The van der Waals surface area contributed by atoms with E-state index in [1.165, 1.54) is 19.3 Å². The number of para-hydroxylation sites is 1. The smallest absolute Gasteiger partial charge is 0.311 e. The van der Waals surface area contributed by atoms with Gasteiger partial charge in [0, 0.05) is 38.7 Å². The van der Waals surface area contributed by atoms with Gasteiger partial charge >= 0.3 is 5.97 Å². The van der Waals surface area contributed by atoms with Crippen molar-refractivity contribution in [2.45, 2.75) is 37.1 Å². The monoisotopic (exact) mass is 459 g/mol. The van der Waals surface area contributed by atoms with E-state index in [0.29, 0.717) is 38.2 Å². The SMILES string of the molecule is COCCON1C(=O)CC(C(=O)OC)C12CCN(C(=O)C1CC(=O)Nc3ccccc31)CC2. The molecule has 0 aromatic heterocycles. The van der Waals surface area contributed by atoms with Crippen molar-refractivity contribution < 1.29 is 33.5 Å². The van der Waals surface area contributed by atoms with Gasteiger partial charge in [-0.3, -0.25) is 24.0 Å². The second-order valence-electron chi connectivity index (χ2n) is 8.62. The Hall–Kier alpha value is -2.98. The highest BCUT2D eigenvalue weighted by molar-refractivity contribution is 6.01. The normalized spacial score (nSPS) is 23.9. The molecule has 0 aliphatic carbocycles. The second-order valence-corrected chi connectivity index (χ2v) is 8.62. The molecule has 2 unspecified atom stereocenters. The van der Waals surface area contributed by atoms with E-state index in [2.05, 4.69) is 5.32 Å². The van der Waals surface area contributed by atoms with Gasteiger partial charge in [0.2, 0.25) is 17.7 Å². The van der Waals surface area contributed by atoms with Gasteiger partial charge in [0.15, 0.2) is 0 Å². The maximum atomic E-state index is 13.4. The predicted octanol–water partition coefficient (Wildman–Crippen LogP) is 1.07. The van der Waals surface area contributed by atoms with Gasteiger partial charge in [0.05, 0.1) is 37.7 Å². The zero-order valence-corrected chi connectivity index (χ0v) is 18.9. The summed E-state index contributed by atoms with van der Waals surface area (Å²) in [5, 5.41) is 4.13. The van der Waals surface area contributed by atoms with Crippen LogP contribution in [0.3, 0.4) is 0 Å². The summed E-state index contributed by atoms with van der Waals surface area (Å²) >= 11 is 0. The van der Waals surface area contributed by atoms with E-state index < -0.39 is 23.3 Å². The van der Waals surface area contributed by atoms with Gasteiger partial charge in [-0.1, -0.05) is 18.2 Å². The molecular weight excluding hydrogens is 430 g/mol. The van der Waals surface area contributed by atoms with Crippen LogP contribution in [0.4, 0.5) is 5.69 Å². The van der Waals surface area contributed by atoms with Gasteiger partial charge in [-0.2, -0.15) is 0 Å². The van der Waals surface area contributed by atoms with Gasteiger partial charge in [0.1, 0.15) is 0 Å². The third-order valence-electron chi connectivity index (χ3n) is 6.89. The van der Waals surface area contributed by atoms with E-state index in [9.17, 15) is 19.2 Å². The maximum absolute atomic E-state index is 13.4. The summed E-state index contributed by atoms with van der Waals surface area (Å²) in [7, 11) is 2.84. The molecule has 0 radical (unpaired) electrons. The van der Waals surface area contributed by atoms with Gasteiger partial charge < -0.3 is 19.7 Å². The number of carbonyl (C=O) groups excluding carboxylic acids is 4. The molecule has 0 saturated carbocycles. The highest BCUT2D eigenvalue weighted by Gasteiger charge is 2.59. The molecule has 1 aromatic carbocycles. The van der Waals surface area contributed by atoms with Crippen molar-refractivity contribution >= 4 is 29.4 Å². The lowest BCUT2D eigenvalue weighted by atomic mass is 9.77. The summed E-state index contributed by atoms with van der Waals surface area (Å²) in [5.74, 6) is -2.28. The number of methoxy groups -OCH3 is 2. The highest BCUT2D eigenvalue weighted by atomic mass is 16.7. The molecule has 1 spiro atoms. The van der Waals surface area contributed by atoms with E-state index in [1.807, 2.05) is 18.2 Å². The third-order valence-corrected chi connectivity index (χ3v) is 6.89. The lowest BCUT2D eigenvalue weighted by Crippen LogP contribution is -2.58. The fraction of sp³-hybridized carbons (Fsp3) is 0.565. The Morgan fingerprint density at radius 1 is 1.09 bits per heavy atom. The second kappa shape index (κ2) is 9.48. The summed E-state index contributed by atoms with van der Waals surface area (Å²) in [6.07, 6.45) is 0.840. The number of likely N-dealkylation sites (tertiary alicyclic amines) is 1. The van der Waals surface area contributed by atoms with E-state index in [-0.39, 0.29) is 37.2 Å². The van der Waals surface area contributed by atoms with Crippen molar-refractivity contribution in [1.82, 2.24) is 9.96 Å². The minimum Gasteiger partial charge on any atom is -0.469 e. The summed E-state index contributed by atoms with van der Waals surface area (Å²) in [5.41, 5.74) is 0.581. The zero-order valence-electron chi connectivity index (χ0n) is 18.9. The van der Waals surface area contributed by atoms with Crippen LogP contribution in [0.2, 0.25) is 0 Å². The molecule has 3 amide bonds. The molecule has 10 heteroatoms. The van der Waals surface area contributed by atoms with E-state index in [4.69, 9.17) is 14.3 Å². The number of carbonyl (C=O) groups is 4. The number of piperidine rings is 1. The number of fused-ring (bicyclic) bond motifs is 1. The lowest BCUT2D eigenvalue weighted by Gasteiger charge is -2.46. The molecule has 2 fully saturated rings. The minimum absolute atomic E-state index is 0.00374. The number of hydrogen-bond donors (Lipinski definition) is 1. The van der Waals surface area contributed by atoms with Crippen molar-refractivity contribution in [2.24, 2.45) is 5.92 Å². The number of ether oxygens (including phenoxy) is 2. The molecule has 2 atom stereocenters. The highest BCUT2D eigenvalue weighted by Crippen LogP contribution is 2.45. The van der Waals surface area contributed by atoms with E-state index in [1.54, 1.807) is 11.0 Å². The van der Waals surface area contributed by atoms with Gasteiger partial charge in [-0.15, -0.1) is 0 Å². The van der Waals surface area contributed by atoms with Crippen LogP contribution in [0.1, 0.15) is 37.2 Å².